The average Bonchev–Trinajstić information content (AvgIpc) is 2.19. The summed E-state index contributed by atoms with van der Waals surface area (Å²) in [5.74, 6) is 2.13. The number of hydrogen-bond donors (Lipinski definition) is 0. The maximum Gasteiger partial charge on any atom is 0.0110 e. The standard InChI is InChI=1S/C13H24N2/c1-11-9-13(4-3-12(11)13)10-15-7-5-14(2)6-8-15/h11-12H,3-10H2,1-2H3. The van der Waals surface area contributed by atoms with Crippen molar-refractivity contribution in [1.82, 2.24) is 9.80 Å². The number of nitrogens with zero attached hydrogens (tertiary/aromatic N) is 2. The highest BCUT2D eigenvalue weighted by molar-refractivity contribution is 5.08. The van der Waals surface area contributed by atoms with E-state index in [1.807, 2.05) is 0 Å². The largest absolute Gasteiger partial charge is 0.304 e. The summed E-state index contributed by atoms with van der Waals surface area (Å²) in [5, 5.41) is 0. The summed E-state index contributed by atoms with van der Waals surface area (Å²) < 4.78 is 0. The summed E-state index contributed by atoms with van der Waals surface area (Å²) in [4.78, 5) is 5.17. The van der Waals surface area contributed by atoms with Crippen molar-refractivity contribution in [3.63, 3.8) is 0 Å². The number of piperazine rings is 1. The zero-order valence-electron chi connectivity index (χ0n) is 10.2. The topological polar surface area (TPSA) is 6.48 Å². The number of likely N-dealkylation sites (N-methyl/N-ethyl adjacent to an activating group) is 1. The fourth-order valence-electron chi connectivity index (χ4n) is 4.20. The SMILES string of the molecule is CC1CC2(CN3CCN(C)CC3)CCC12. The van der Waals surface area contributed by atoms with Crippen LogP contribution in [0, 0.1) is 17.3 Å². The van der Waals surface area contributed by atoms with Crippen molar-refractivity contribution in [2.75, 3.05) is 39.8 Å². The third-order valence-corrected chi connectivity index (χ3v) is 5.29. The molecular formula is C13H24N2. The molecular weight excluding hydrogens is 184 g/mol. The Morgan fingerprint density at radius 1 is 1.20 bits per heavy atom. The monoisotopic (exact) mass is 208 g/mol. The van der Waals surface area contributed by atoms with Gasteiger partial charge in [-0.2, -0.15) is 0 Å². The van der Waals surface area contributed by atoms with Crippen LogP contribution in [0.2, 0.25) is 0 Å². The molecule has 0 spiro atoms. The number of rotatable bonds is 2. The van der Waals surface area contributed by atoms with Gasteiger partial charge in [0.1, 0.15) is 0 Å². The molecule has 15 heavy (non-hydrogen) atoms. The van der Waals surface area contributed by atoms with Gasteiger partial charge >= 0.3 is 0 Å². The van der Waals surface area contributed by atoms with Gasteiger partial charge in [0.2, 0.25) is 0 Å². The molecule has 3 atom stereocenters. The van der Waals surface area contributed by atoms with Gasteiger partial charge in [-0.3, -0.25) is 0 Å². The van der Waals surface area contributed by atoms with E-state index in [4.69, 9.17) is 0 Å². The van der Waals surface area contributed by atoms with Crippen molar-refractivity contribution < 1.29 is 0 Å². The molecule has 3 fully saturated rings. The summed E-state index contributed by atoms with van der Waals surface area (Å²) >= 11 is 0. The maximum atomic E-state index is 2.72. The maximum absolute atomic E-state index is 2.72. The number of fused-ring (bicyclic) bond motifs is 1. The first-order valence-electron chi connectivity index (χ1n) is 6.60. The molecule has 3 rings (SSSR count). The highest BCUT2D eigenvalue weighted by atomic mass is 15.2. The van der Waals surface area contributed by atoms with Gasteiger partial charge in [0.05, 0.1) is 0 Å². The minimum atomic E-state index is 0.787. The second-order valence-corrected chi connectivity index (χ2v) is 6.27. The van der Waals surface area contributed by atoms with Crippen LogP contribution in [0.3, 0.4) is 0 Å². The molecule has 2 aliphatic carbocycles. The zero-order valence-corrected chi connectivity index (χ0v) is 10.2. The van der Waals surface area contributed by atoms with Crippen molar-refractivity contribution in [3.05, 3.63) is 0 Å². The number of hydrogen-bond acceptors (Lipinski definition) is 2. The van der Waals surface area contributed by atoms with Gasteiger partial charge in [0.15, 0.2) is 0 Å². The lowest BCUT2D eigenvalue weighted by atomic mass is 9.43. The molecule has 3 unspecified atom stereocenters. The Bertz CT molecular complexity index is 245. The molecule has 1 saturated heterocycles. The van der Waals surface area contributed by atoms with Crippen LogP contribution in [-0.4, -0.2) is 49.6 Å². The highest BCUT2D eigenvalue weighted by Gasteiger charge is 2.57. The minimum Gasteiger partial charge on any atom is -0.304 e. The van der Waals surface area contributed by atoms with Gasteiger partial charge in [0.25, 0.3) is 0 Å². The summed E-state index contributed by atoms with van der Waals surface area (Å²) in [6.07, 6.45) is 4.56. The predicted molar refractivity (Wildman–Crippen MR) is 62.9 cm³/mol. The molecule has 2 heteroatoms. The Kier molecular flexibility index (Phi) is 2.33. The predicted octanol–water partition coefficient (Wildman–Crippen LogP) is 1.67. The second kappa shape index (κ2) is 3.46. The van der Waals surface area contributed by atoms with Crippen molar-refractivity contribution >= 4 is 0 Å². The van der Waals surface area contributed by atoms with Gasteiger partial charge in [-0.25, -0.2) is 0 Å². The van der Waals surface area contributed by atoms with E-state index in [0.717, 1.165) is 17.3 Å². The van der Waals surface area contributed by atoms with E-state index in [1.165, 1.54) is 52.0 Å². The van der Waals surface area contributed by atoms with E-state index >= 15 is 0 Å². The molecule has 0 aromatic carbocycles. The van der Waals surface area contributed by atoms with Crippen molar-refractivity contribution in [2.24, 2.45) is 17.3 Å². The van der Waals surface area contributed by atoms with Crippen LogP contribution < -0.4 is 0 Å². The molecule has 3 aliphatic rings. The van der Waals surface area contributed by atoms with Crippen LogP contribution in [0.5, 0.6) is 0 Å². The van der Waals surface area contributed by atoms with E-state index in [1.54, 1.807) is 0 Å². The molecule has 2 saturated carbocycles. The fourth-order valence-corrected chi connectivity index (χ4v) is 4.20. The molecule has 86 valence electrons. The average molecular weight is 208 g/mol. The first-order valence-corrected chi connectivity index (χ1v) is 6.60. The molecule has 0 aromatic heterocycles. The molecule has 0 amide bonds. The van der Waals surface area contributed by atoms with E-state index < -0.39 is 0 Å². The van der Waals surface area contributed by atoms with Crippen LogP contribution in [-0.2, 0) is 0 Å². The quantitative estimate of drug-likeness (QED) is 0.681. The molecule has 0 aromatic rings. The summed E-state index contributed by atoms with van der Waals surface area (Å²) in [6, 6.07) is 0. The van der Waals surface area contributed by atoms with Gasteiger partial charge in [-0.1, -0.05) is 6.92 Å². The lowest BCUT2D eigenvalue weighted by molar-refractivity contribution is -0.145. The van der Waals surface area contributed by atoms with E-state index in [-0.39, 0.29) is 0 Å². The Morgan fingerprint density at radius 2 is 1.93 bits per heavy atom. The van der Waals surface area contributed by atoms with Gasteiger partial charge in [0, 0.05) is 32.7 Å². The third-order valence-electron chi connectivity index (χ3n) is 5.29. The van der Waals surface area contributed by atoms with Crippen LogP contribution in [0.4, 0.5) is 0 Å². The smallest absolute Gasteiger partial charge is 0.0110 e. The normalized spacial score (nSPS) is 46.8. The van der Waals surface area contributed by atoms with E-state index in [2.05, 4.69) is 23.8 Å². The Balaban J connectivity index is 1.54. The summed E-state index contributed by atoms with van der Waals surface area (Å²) in [6.45, 7) is 9.02. The van der Waals surface area contributed by atoms with Gasteiger partial charge in [-0.15, -0.1) is 0 Å². The Hall–Kier alpha value is -0.0800. The van der Waals surface area contributed by atoms with Gasteiger partial charge in [-0.05, 0) is 43.6 Å². The molecule has 1 aliphatic heterocycles. The lowest BCUT2D eigenvalue weighted by Gasteiger charge is -2.64. The van der Waals surface area contributed by atoms with Crippen LogP contribution in [0.25, 0.3) is 0 Å². The van der Waals surface area contributed by atoms with Crippen molar-refractivity contribution in [2.45, 2.75) is 26.2 Å². The Morgan fingerprint density at radius 3 is 2.40 bits per heavy atom. The molecule has 0 bridgehead atoms. The lowest BCUT2D eigenvalue weighted by Crippen LogP contribution is -2.61. The highest BCUT2D eigenvalue weighted by Crippen LogP contribution is 2.64. The minimum absolute atomic E-state index is 0.787. The molecule has 0 radical (unpaired) electrons. The van der Waals surface area contributed by atoms with E-state index in [0.29, 0.717) is 0 Å². The molecule has 2 nitrogen and oxygen atoms in total. The zero-order chi connectivity index (χ0) is 10.5. The first kappa shape index (κ1) is 10.1. The van der Waals surface area contributed by atoms with Crippen molar-refractivity contribution in [3.8, 4) is 0 Å². The van der Waals surface area contributed by atoms with E-state index in [9.17, 15) is 0 Å². The van der Waals surface area contributed by atoms with Crippen LogP contribution in [0.1, 0.15) is 26.2 Å². The van der Waals surface area contributed by atoms with Crippen LogP contribution >= 0.6 is 0 Å². The summed E-state index contributed by atoms with van der Waals surface area (Å²) in [7, 11) is 2.24. The molecule has 0 N–H and O–H groups in total. The van der Waals surface area contributed by atoms with Crippen molar-refractivity contribution in [1.29, 1.82) is 0 Å². The fraction of sp³-hybridized carbons (Fsp3) is 1.00. The van der Waals surface area contributed by atoms with Crippen LogP contribution in [0.15, 0.2) is 0 Å². The van der Waals surface area contributed by atoms with Gasteiger partial charge < -0.3 is 9.80 Å². The second-order valence-electron chi connectivity index (χ2n) is 6.27. The Labute approximate surface area is 93.6 Å². The summed E-state index contributed by atoms with van der Waals surface area (Å²) in [5.41, 5.74) is 0.787. The third kappa shape index (κ3) is 1.53. The molecule has 1 heterocycles. The first-order chi connectivity index (χ1) is 7.20.